The zero-order valence-corrected chi connectivity index (χ0v) is 12.1. The average molecular weight is 252 g/mol. The van der Waals surface area contributed by atoms with E-state index in [0.717, 1.165) is 19.6 Å². The number of nitrogens with one attached hydrogen (secondary N) is 1. The molecule has 2 aliphatic rings. The summed E-state index contributed by atoms with van der Waals surface area (Å²) in [5, 5.41) is 3.28. The van der Waals surface area contributed by atoms with Gasteiger partial charge in [0.05, 0.1) is 0 Å². The van der Waals surface area contributed by atoms with Gasteiger partial charge in [-0.15, -0.1) is 0 Å². The van der Waals surface area contributed by atoms with Crippen molar-refractivity contribution in [3.8, 4) is 0 Å². The lowest BCUT2D eigenvalue weighted by Gasteiger charge is -2.38. The Labute approximate surface area is 111 Å². The van der Waals surface area contributed by atoms with Crippen LogP contribution in [0.2, 0.25) is 0 Å². The van der Waals surface area contributed by atoms with Crippen molar-refractivity contribution >= 4 is 5.91 Å². The summed E-state index contributed by atoms with van der Waals surface area (Å²) in [5.41, 5.74) is 0. The Kier molecular flexibility index (Phi) is 4.66. The van der Waals surface area contributed by atoms with Gasteiger partial charge < -0.3 is 10.2 Å². The molecule has 1 atom stereocenters. The number of hydrogen-bond acceptors (Lipinski definition) is 2. The number of amides is 1. The maximum absolute atomic E-state index is 12.7. The van der Waals surface area contributed by atoms with E-state index in [4.69, 9.17) is 0 Å². The van der Waals surface area contributed by atoms with Gasteiger partial charge in [0.15, 0.2) is 0 Å². The van der Waals surface area contributed by atoms with Crippen molar-refractivity contribution in [2.45, 2.75) is 52.5 Å². The smallest absolute Gasteiger partial charge is 0.226 e. The summed E-state index contributed by atoms with van der Waals surface area (Å²) < 4.78 is 0. The van der Waals surface area contributed by atoms with Gasteiger partial charge in [0.25, 0.3) is 0 Å². The molecule has 2 fully saturated rings. The standard InChI is InChI=1S/C15H28N2O/c1-11(2)10-17(14-6-4-5-7-14)15(18)12(3)13-8-16-9-13/h11-14,16H,4-10H2,1-3H3. The zero-order chi connectivity index (χ0) is 13.1. The normalized spacial score (nSPS) is 23.1. The number of carbonyl (C=O) groups excluding carboxylic acids is 1. The van der Waals surface area contributed by atoms with Crippen molar-refractivity contribution in [1.82, 2.24) is 10.2 Å². The second kappa shape index (κ2) is 6.05. The van der Waals surface area contributed by atoms with Gasteiger partial charge in [0.1, 0.15) is 0 Å². The molecule has 1 aliphatic heterocycles. The molecule has 1 N–H and O–H groups in total. The molecule has 3 nitrogen and oxygen atoms in total. The lowest BCUT2D eigenvalue weighted by Crippen LogP contribution is -2.52. The number of carbonyl (C=O) groups is 1. The Morgan fingerprint density at radius 3 is 2.28 bits per heavy atom. The lowest BCUT2D eigenvalue weighted by molar-refractivity contribution is -0.140. The molecule has 1 heterocycles. The first kappa shape index (κ1) is 13.9. The van der Waals surface area contributed by atoms with Crippen LogP contribution < -0.4 is 5.32 Å². The van der Waals surface area contributed by atoms with Crippen LogP contribution in [-0.4, -0.2) is 36.5 Å². The van der Waals surface area contributed by atoms with E-state index in [-0.39, 0.29) is 5.92 Å². The molecular formula is C15H28N2O. The molecule has 0 spiro atoms. The SMILES string of the molecule is CC(C)CN(C(=O)C(C)C1CNC1)C1CCCC1. The van der Waals surface area contributed by atoms with Gasteiger partial charge in [-0.2, -0.15) is 0 Å². The van der Waals surface area contributed by atoms with Crippen LogP contribution in [0.25, 0.3) is 0 Å². The maximum Gasteiger partial charge on any atom is 0.226 e. The van der Waals surface area contributed by atoms with Crippen LogP contribution >= 0.6 is 0 Å². The predicted molar refractivity (Wildman–Crippen MR) is 74.3 cm³/mol. The Hall–Kier alpha value is -0.570. The third-order valence-electron chi connectivity index (χ3n) is 4.52. The highest BCUT2D eigenvalue weighted by Gasteiger charge is 2.35. The summed E-state index contributed by atoms with van der Waals surface area (Å²) in [6.07, 6.45) is 5.03. The molecule has 0 radical (unpaired) electrons. The third kappa shape index (κ3) is 3.05. The minimum absolute atomic E-state index is 0.200. The van der Waals surface area contributed by atoms with Crippen LogP contribution in [0.15, 0.2) is 0 Å². The van der Waals surface area contributed by atoms with E-state index in [1.54, 1.807) is 0 Å². The topological polar surface area (TPSA) is 32.3 Å². The van der Waals surface area contributed by atoms with Crippen LogP contribution in [0.3, 0.4) is 0 Å². The summed E-state index contributed by atoms with van der Waals surface area (Å²) >= 11 is 0. The largest absolute Gasteiger partial charge is 0.339 e. The molecule has 0 aromatic rings. The van der Waals surface area contributed by atoms with Crippen molar-refractivity contribution in [2.24, 2.45) is 17.8 Å². The van der Waals surface area contributed by atoms with Gasteiger partial charge >= 0.3 is 0 Å². The summed E-state index contributed by atoms with van der Waals surface area (Å²) in [7, 11) is 0. The van der Waals surface area contributed by atoms with Crippen LogP contribution in [-0.2, 0) is 4.79 Å². The van der Waals surface area contributed by atoms with Crippen LogP contribution in [0.1, 0.15) is 46.5 Å². The van der Waals surface area contributed by atoms with Crippen LogP contribution in [0.5, 0.6) is 0 Å². The van der Waals surface area contributed by atoms with Gasteiger partial charge in [-0.1, -0.05) is 33.6 Å². The number of hydrogen-bond donors (Lipinski definition) is 1. The van der Waals surface area contributed by atoms with Crippen molar-refractivity contribution in [1.29, 1.82) is 0 Å². The van der Waals surface area contributed by atoms with Gasteiger partial charge in [-0.3, -0.25) is 4.79 Å². The van der Waals surface area contributed by atoms with Crippen LogP contribution in [0, 0.1) is 17.8 Å². The predicted octanol–water partition coefficient (Wildman–Crippen LogP) is 2.27. The maximum atomic E-state index is 12.7. The van der Waals surface area contributed by atoms with E-state index in [2.05, 4.69) is 31.0 Å². The van der Waals surface area contributed by atoms with E-state index < -0.39 is 0 Å². The molecule has 0 bridgehead atoms. The molecule has 104 valence electrons. The summed E-state index contributed by atoms with van der Waals surface area (Å²) in [6.45, 7) is 9.53. The Balaban J connectivity index is 1.99. The first-order valence-corrected chi connectivity index (χ1v) is 7.60. The van der Waals surface area contributed by atoms with Gasteiger partial charge in [-0.05, 0) is 37.8 Å². The van der Waals surface area contributed by atoms with Crippen molar-refractivity contribution in [2.75, 3.05) is 19.6 Å². The van der Waals surface area contributed by atoms with Crippen LogP contribution in [0.4, 0.5) is 0 Å². The quantitative estimate of drug-likeness (QED) is 0.814. The third-order valence-corrected chi connectivity index (χ3v) is 4.52. The Bertz CT molecular complexity index is 280. The second-order valence-corrected chi connectivity index (χ2v) is 6.53. The average Bonchev–Trinajstić information content (AvgIpc) is 2.75. The Morgan fingerprint density at radius 2 is 1.83 bits per heavy atom. The van der Waals surface area contributed by atoms with E-state index in [1.807, 2.05) is 0 Å². The number of nitrogens with zero attached hydrogens (tertiary/aromatic N) is 1. The molecule has 1 unspecified atom stereocenters. The second-order valence-electron chi connectivity index (χ2n) is 6.53. The summed E-state index contributed by atoms with van der Waals surface area (Å²) in [5.74, 6) is 1.74. The number of rotatable bonds is 5. The fourth-order valence-corrected chi connectivity index (χ4v) is 3.16. The highest BCUT2D eigenvalue weighted by Crippen LogP contribution is 2.27. The highest BCUT2D eigenvalue weighted by molar-refractivity contribution is 5.79. The summed E-state index contributed by atoms with van der Waals surface area (Å²) in [4.78, 5) is 14.9. The fraction of sp³-hybridized carbons (Fsp3) is 0.933. The summed E-state index contributed by atoms with van der Waals surface area (Å²) in [6, 6.07) is 0.524. The molecule has 1 aliphatic carbocycles. The molecular weight excluding hydrogens is 224 g/mol. The van der Waals surface area contributed by atoms with E-state index >= 15 is 0 Å². The van der Waals surface area contributed by atoms with E-state index in [0.29, 0.717) is 23.8 Å². The van der Waals surface area contributed by atoms with Gasteiger partial charge in [0, 0.05) is 18.5 Å². The van der Waals surface area contributed by atoms with Gasteiger partial charge in [-0.25, -0.2) is 0 Å². The first-order valence-electron chi connectivity index (χ1n) is 7.60. The van der Waals surface area contributed by atoms with Crippen molar-refractivity contribution < 1.29 is 4.79 Å². The molecule has 0 aromatic carbocycles. The monoisotopic (exact) mass is 252 g/mol. The molecule has 0 aromatic heterocycles. The van der Waals surface area contributed by atoms with E-state index in [9.17, 15) is 4.79 Å². The molecule has 3 heteroatoms. The molecule has 1 saturated carbocycles. The highest BCUT2D eigenvalue weighted by atomic mass is 16.2. The minimum atomic E-state index is 0.200. The van der Waals surface area contributed by atoms with Gasteiger partial charge in [0.2, 0.25) is 5.91 Å². The molecule has 1 amide bonds. The molecule has 2 rings (SSSR count). The minimum Gasteiger partial charge on any atom is -0.339 e. The Morgan fingerprint density at radius 1 is 1.22 bits per heavy atom. The molecule has 1 saturated heterocycles. The van der Waals surface area contributed by atoms with Crippen molar-refractivity contribution in [3.05, 3.63) is 0 Å². The fourth-order valence-electron chi connectivity index (χ4n) is 3.16. The first-order chi connectivity index (χ1) is 8.59. The van der Waals surface area contributed by atoms with E-state index in [1.165, 1.54) is 25.7 Å². The van der Waals surface area contributed by atoms with Crippen molar-refractivity contribution in [3.63, 3.8) is 0 Å². The lowest BCUT2D eigenvalue weighted by atomic mass is 9.87. The molecule has 18 heavy (non-hydrogen) atoms. The zero-order valence-electron chi connectivity index (χ0n) is 12.1.